The zero-order chi connectivity index (χ0) is 25.9. The number of thiophene rings is 1. The molecule has 0 atom stereocenters. The summed E-state index contributed by atoms with van der Waals surface area (Å²) in [5.74, 6) is -0.704. The van der Waals surface area contributed by atoms with Crippen LogP contribution >= 0.6 is 11.3 Å². The summed E-state index contributed by atoms with van der Waals surface area (Å²) in [7, 11) is 1.77. The topological polar surface area (TPSA) is 122 Å². The van der Waals surface area contributed by atoms with E-state index in [9.17, 15) is 14.7 Å². The van der Waals surface area contributed by atoms with Crippen molar-refractivity contribution in [2.24, 2.45) is 12.1 Å². The van der Waals surface area contributed by atoms with Crippen LogP contribution in [0, 0.1) is 0 Å². The second-order valence-electron chi connectivity index (χ2n) is 8.85. The van der Waals surface area contributed by atoms with Crippen molar-refractivity contribution in [3.05, 3.63) is 87.0 Å². The number of nitrogens with one attached hydrogen (secondary N) is 2. The molecule has 1 aliphatic rings. The molecule has 37 heavy (non-hydrogen) atoms. The van der Waals surface area contributed by atoms with Crippen molar-refractivity contribution in [2.45, 2.75) is 32.7 Å². The SMILES string of the molecule is C/C(=N\NC(=O)c1ccc(C(=O)NCc2ccncc2)s1)c1nn(C)c(-c2ccc3c(c2)CCC3)c1O. The monoisotopic (exact) mass is 514 g/mol. The van der Waals surface area contributed by atoms with Crippen LogP contribution in [-0.4, -0.2) is 37.4 Å². The largest absolute Gasteiger partial charge is 0.504 e. The number of hydrogen-bond acceptors (Lipinski definition) is 7. The van der Waals surface area contributed by atoms with Gasteiger partial charge in [-0.25, -0.2) is 5.43 Å². The lowest BCUT2D eigenvalue weighted by atomic mass is 10.0. The van der Waals surface area contributed by atoms with Gasteiger partial charge in [0.15, 0.2) is 11.4 Å². The number of aromatic nitrogens is 3. The van der Waals surface area contributed by atoms with Gasteiger partial charge in [-0.2, -0.15) is 10.2 Å². The highest BCUT2D eigenvalue weighted by molar-refractivity contribution is 7.15. The van der Waals surface area contributed by atoms with E-state index in [1.807, 2.05) is 18.2 Å². The van der Waals surface area contributed by atoms with Crippen molar-refractivity contribution >= 4 is 28.9 Å². The molecule has 0 saturated carbocycles. The van der Waals surface area contributed by atoms with Gasteiger partial charge in [0.1, 0.15) is 5.69 Å². The number of carbonyl (C=O) groups is 2. The molecule has 5 rings (SSSR count). The maximum absolute atomic E-state index is 12.6. The maximum atomic E-state index is 12.6. The smallest absolute Gasteiger partial charge is 0.281 e. The third-order valence-corrected chi connectivity index (χ3v) is 7.40. The van der Waals surface area contributed by atoms with Gasteiger partial charge in [0.05, 0.1) is 15.5 Å². The molecule has 9 nitrogen and oxygen atoms in total. The molecule has 3 heterocycles. The second-order valence-corrected chi connectivity index (χ2v) is 9.93. The molecule has 0 aliphatic heterocycles. The van der Waals surface area contributed by atoms with E-state index in [2.05, 4.69) is 38.1 Å². The van der Waals surface area contributed by atoms with Gasteiger partial charge in [0, 0.05) is 31.5 Å². The molecule has 2 amide bonds. The van der Waals surface area contributed by atoms with Crippen LogP contribution in [0.3, 0.4) is 0 Å². The summed E-state index contributed by atoms with van der Waals surface area (Å²) in [6.45, 7) is 2.03. The highest BCUT2D eigenvalue weighted by Gasteiger charge is 2.21. The second kappa shape index (κ2) is 10.4. The minimum absolute atomic E-state index is 0.0141. The van der Waals surface area contributed by atoms with Gasteiger partial charge in [-0.05, 0) is 73.2 Å². The summed E-state index contributed by atoms with van der Waals surface area (Å²) in [6, 6.07) is 13.0. The number of fused-ring (bicyclic) bond motifs is 1. The average Bonchev–Trinajstić information content (AvgIpc) is 3.65. The molecule has 0 radical (unpaired) electrons. The van der Waals surface area contributed by atoms with Gasteiger partial charge in [0.2, 0.25) is 0 Å². The Kier molecular flexibility index (Phi) is 6.82. The van der Waals surface area contributed by atoms with Crippen LogP contribution in [-0.2, 0) is 26.4 Å². The zero-order valence-electron chi connectivity index (χ0n) is 20.5. The number of benzene rings is 1. The van der Waals surface area contributed by atoms with Crippen molar-refractivity contribution in [1.29, 1.82) is 0 Å². The van der Waals surface area contributed by atoms with Crippen molar-refractivity contribution in [3.8, 4) is 17.0 Å². The van der Waals surface area contributed by atoms with Crippen LogP contribution in [0.1, 0.15) is 55.1 Å². The number of pyridine rings is 1. The number of carbonyl (C=O) groups excluding carboxylic acids is 2. The van der Waals surface area contributed by atoms with E-state index in [4.69, 9.17) is 0 Å². The van der Waals surface area contributed by atoms with Crippen LogP contribution in [0.4, 0.5) is 0 Å². The van der Waals surface area contributed by atoms with Gasteiger partial charge >= 0.3 is 0 Å². The van der Waals surface area contributed by atoms with Crippen molar-refractivity contribution in [1.82, 2.24) is 25.5 Å². The Balaban J connectivity index is 1.25. The van der Waals surface area contributed by atoms with Crippen molar-refractivity contribution in [3.63, 3.8) is 0 Å². The first kappa shape index (κ1) is 24.4. The van der Waals surface area contributed by atoms with E-state index in [0.29, 0.717) is 33.4 Å². The lowest BCUT2D eigenvalue weighted by Crippen LogP contribution is -2.21. The molecule has 188 valence electrons. The predicted octanol–water partition coefficient (Wildman–Crippen LogP) is 3.82. The van der Waals surface area contributed by atoms with E-state index in [1.165, 1.54) is 11.1 Å². The fraction of sp³-hybridized carbons (Fsp3) is 0.222. The average molecular weight is 515 g/mol. The highest BCUT2D eigenvalue weighted by Crippen LogP contribution is 2.35. The standard InChI is InChI=1S/C27H26N6O3S/c1-16(23-25(34)24(33(2)32-23)20-7-6-18-4-3-5-19(18)14-20)30-31-27(36)22-9-8-21(37-22)26(35)29-15-17-10-12-28-13-11-17/h6-14,34H,3-5,15H2,1-2H3,(H,29,35)(H,31,36)/b30-16+. The van der Waals surface area contributed by atoms with Gasteiger partial charge in [-0.15, -0.1) is 11.3 Å². The molecule has 0 unspecified atom stereocenters. The molecule has 3 N–H and O–H groups in total. The number of hydrazone groups is 1. The number of aryl methyl sites for hydroxylation is 3. The molecule has 0 saturated heterocycles. The summed E-state index contributed by atoms with van der Waals surface area (Å²) in [5.41, 5.74) is 8.24. The Morgan fingerprint density at radius 2 is 1.78 bits per heavy atom. The quantitative estimate of drug-likeness (QED) is 0.256. The van der Waals surface area contributed by atoms with Crippen molar-refractivity contribution in [2.75, 3.05) is 0 Å². The molecule has 0 fully saturated rings. The number of rotatable bonds is 7. The summed E-state index contributed by atoms with van der Waals surface area (Å²) in [4.78, 5) is 29.8. The van der Waals surface area contributed by atoms with Crippen LogP contribution in [0.15, 0.2) is 60.0 Å². The first-order chi connectivity index (χ1) is 17.9. The molecule has 4 aromatic rings. The molecule has 0 spiro atoms. The van der Waals surface area contributed by atoms with Gasteiger partial charge in [-0.3, -0.25) is 19.3 Å². The third-order valence-electron chi connectivity index (χ3n) is 6.32. The molecular weight excluding hydrogens is 488 g/mol. The van der Waals surface area contributed by atoms with Crippen LogP contribution in [0.25, 0.3) is 11.3 Å². The molecule has 1 aromatic carbocycles. The first-order valence-electron chi connectivity index (χ1n) is 11.9. The minimum Gasteiger partial charge on any atom is -0.504 e. The number of nitrogens with zero attached hydrogens (tertiary/aromatic N) is 4. The summed E-state index contributed by atoms with van der Waals surface area (Å²) >= 11 is 1.07. The van der Waals surface area contributed by atoms with Crippen LogP contribution in [0.5, 0.6) is 5.75 Å². The van der Waals surface area contributed by atoms with E-state index in [1.54, 1.807) is 43.2 Å². The molecule has 10 heteroatoms. The van der Waals surface area contributed by atoms with Gasteiger partial charge in [0.25, 0.3) is 11.8 Å². The van der Waals surface area contributed by atoms with Crippen LogP contribution < -0.4 is 10.7 Å². The van der Waals surface area contributed by atoms with Gasteiger partial charge < -0.3 is 10.4 Å². The Morgan fingerprint density at radius 1 is 1.05 bits per heavy atom. The number of aromatic hydroxyl groups is 1. The minimum atomic E-state index is -0.452. The number of hydrogen-bond donors (Lipinski definition) is 3. The molecule has 3 aromatic heterocycles. The third kappa shape index (κ3) is 5.14. The maximum Gasteiger partial charge on any atom is 0.281 e. The van der Waals surface area contributed by atoms with Crippen LogP contribution in [0.2, 0.25) is 0 Å². The highest BCUT2D eigenvalue weighted by atomic mass is 32.1. The molecule has 1 aliphatic carbocycles. The summed E-state index contributed by atoms with van der Waals surface area (Å²) < 4.78 is 1.62. The molecule has 0 bridgehead atoms. The number of amides is 2. The predicted molar refractivity (Wildman–Crippen MR) is 142 cm³/mol. The normalized spacial score (nSPS) is 12.9. The Labute approximate surface area is 217 Å². The Hall–Kier alpha value is -4.31. The van der Waals surface area contributed by atoms with Crippen molar-refractivity contribution < 1.29 is 14.7 Å². The first-order valence-corrected chi connectivity index (χ1v) is 12.7. The summed E-state index contributed by atoms with van der Waals surface area (Å²) in [5, 5.41) is 22.3. The van der Waals surface area contributed by atoms with E-state index < -0.39 is 5.91 Å². The summed E-state index contributed by atoms with van der Waals surface area (Å²) in [6.07, 6.45) is 6.60. The van der Waals surface area contributed by atoms with E-state index in [-0.39, 0.29) is 11.7 Å². The lowest BCUT2D eigenvalue weighted by Gasteiger charge is -2.06. The van der Waals surface area contributed by atoms with E-state index >= 15 is 0 Å². The van der Waals surface area contributed by atoms with E-state index in [0.717, 1.165) is 41.7 Å². The Bertz CT molecular complexity index is 1510. The fourth-order valence-electron chi connectivity index (χ4n) is 4.39. The lowest BCUT2D eigenvalue weighted by molar-refractivity contribution is 0.0950. The Morgan fingerprint density at radius 3 is 2.57 bits per heavy atom. The molecular formula is C27H26N6O3S. The fourth-order valence-corrected chi connectivity index (χ4v) is 5.21. The van der Waals surface area contributed by atoms with Gasteiger partial charge in [-0.1, -0.05) is 12.1 Å². The zero-order valence-corrected chi connectivity index (χ0v) is 21.3.